The van der Waals surface area contributed by atoms with Gasteiger partial charge in [0.15, 0.2) is 0 Å². The van der Waals surface area contributed by atoms with Gasteiger partial charge in [0.2, 0.25) is 0 Å². The van der Waals surface area contributed by atoms with E-state index >= 15 is 0 Å². The molecule has 1 fully saturated rings. The summed E-state index contributed by atoms with van der Waals surface area (Å²) in [7, 11) is 0. The largest absolute Gasteiger partial charge is 0.463 e. The highest BCUT2D eigenvalue weighted by Crippen LogP contribution is 2.18. The minimum absolute atomic E-state index is 0.0221. The summed E-state index contributed by atoms with van der Waals surface area (Å²) >= 11 is 0. The first kappa shape index (κ1) is 27.1. The lowest BCUT2D eigenvalue weighted by Gasteiger charge is -2.20. The second kappa shape index (κ2) is 17.7. The van der Waals surface area contributed by atoms with Crippen LogP contribution in [-0.4, -0.2) is 58.9 Å². The number of hydrogen-bond donors (Lipinski definition) is 3. The summed E-state index contributed by atoms with van der Waals surface area (Å²) in [6, 6.07) is 0. The molecule has 6 heteroatoms. The molecule has 0 radical (unpaired) electrons. The van der Waals surface area contributed by atoms with Crippen molar-refractivity contribution in [3.05, 3.63) is 12.2 Å². The third-order valence-corrected chi connectivity index (χ3v) is 5.63. The number of hydrogen-bond acceptors (Lipinski definition) is 6. The van der Waals surface area contributed by atoms with Crippen LogP contribution in [0.4, 0.5) is 0 Å². The van der Waals surface area contributed by atoms with Crippen LogP contribution >= 0.6 is 0 Å². The number of aliphatic hydroxyl groups is 3. The van der Waals surface area contributed by atoms with Crippen LogP contribution in [0.2, 0.25) is 0 Å². The number of rotatable bonds is 18. The quantitative estimate of drug-likeness (QED) is 0.173. The van der Waals surface area contributed by atoms with Crippen molar-refractivity contribution in [2.45, 2.75) is 121 Å². The van der Waals surface area contributed by atoms with Crippen LogP contribution < -0.4 is 0 Å². The second-order valence-electron chi connectivity index (χ2n) is 8.44. The first-order valence-electron chi connectivity index (χ1n) is 12.0. The molecule has 0 aromatic heterocycles. The van der Waals surface area contributed by atoms with Gasteiger partial charge in [-0.3, -0.25) is 4.79 Å². The molecule has 1 heterocycles. The van der Waals surface area contributed by atoms with Crippen molar-refractivity contribution in [1.29, 1.82) is 0 Å². The fourth-order valence-electron chi connectivity index (χ4n) is 3.65. The molecule has 0 aliphatic carbocycles. The molecule has 176 valence electrons. The van der Waals surface area contributed by atoms with Crippen LogP contribution in [-0.2, 0) is 14.3 Å². The van der Waals surface area contributed by atoms with Crippen LogP contribution in [0.5, 0.6) is 0 Å². The van der Waals surface area contributed by atoms with E-state index in [4.69, 9.17) is 9.47 Å². The van der Waals surface area contributed by atoms with Crippen molar-refractivity contribution >= 4 is 5.97 Å². The zero-order valence-electron chi connectivity index (χ0n) is 18.8. The van der Waals surface area contributed by atoms with Gasteiger partial charge >= 0.3 is 5.97 Å². The molecule has 0 spiro atoms. The Morgan fingerprint density at radius 1 is 0.967 bits per heavy atom. The molecule has 1 rings (SSSR count). The Morgan fingerprint density at radius 2 is 1.53 bits per heavy atom. The van der Waals surface area contributed by atoms with Gasteiger partial charge in [-0.15, -0.1) is 0 Å². The summed E-state index contributed by atoms with van der Waals surface area (Å²) in [5.41, 5.74) is 0. The van der Waals surface area contributed by atoms with E-state index in [2.05, 4.69) is 19.1 Å². The molecule has 4 atom stereocenters. The summed E-state index contributed by atoms with van der Waals surface area (Å²) in [6.45, 7) is 2.00. The molecule has 1 aliphatic rings. The highest BCUT2D eigenvalue weighted by molar-refractivity contribution is 5.69. The van der Waals surface area contributed by atoms with Gasteiger partial charge in [0.1, 0.15) is 31.0 Å². The number of allylic oxidation sites excluding steroid dienone is 2. The Kier molecular flexibility index (Phi) is 16.0. The number of carbonyl (C=O) groups is 1. The monoisotopic (exact) mass is 428 g/mol. The molecule has 1 unspecified atom stereocenters. The van der Waals surface area contributed by atoms with E-state index < -0.39 is 24.4 Å². The topological polar surface area (TPSA) is 96.2 Å². The van der Waals surface area contributed by atoms with Gasteiger partial charge in [-0.25, -0.2) is 0 Å². The van der Waals surface area contributed by atoms with Crippen molar-refractivity contribution in [3.8, 4) is 0 Å². The predicted molar refractivity (Wildman–Crippen MR) is 118 cm³/mol. The molecule has 0 aromatic carbocycles. The van der Waals surface area contributed by atoms with Crippen LogP contribution in [0.15, 0.2) is 12.2 Å². The molecule has 0 saturated carbocycles. The minimum Gasteiger partial charge on any atom is -0.463 e. The van der Waals surface area contributed by atoms with Crippen molar-refractivity contribution in [1.82, 2.24) is 0 Å². The van der Waals surface area contributed by atoms with Crippen molar-refractivity contribution in [2.24, 2.45) is 0 Å². The van der Waals surface area contributed by atoms with Gasteiger partial charge in [-0.1, -0.05) is 70.4 Å². The molecular formula is C24H44O6. The molecule has 3 N–H and O–H groups in total. The van der Waals surface area contributed by atoms with Crippen LogP contribution in [0.25, 0.3) is 0 Å². The van der Waals surface area contributed by atoms with Crippen molar-refractivity contribution < 1.29 is 29.6 Å². The van der Waals surface area contributed by atoms with E-state index in [1.807, 2.05) is 0 Å². The molecule has 6 nitrogen and oxygen atoms in total. The Morgan fingerprint density at radius 3 is 2.10 bits per heavy atom. The third-order valence-electron chi connectivity index (χ3n) is 5.63. The summed E-state index contributed by atoms with van der Waals surface area (Å²) < 4.78 is 10.2. The van der Waals surface area contributed by atoms with Gasteiger partial charge in [0.25, 0.3) is 0 Å². The lowest BCUT2D eigenvalue weighted by Crippen LogP contribution is -2.41. The Bertz CT molecular complexity index is 453. The van der Waals surface area contributed by atoms with E-state index in [1.165, 1.54) is 57.8 Å². The number of esters is 1. The SMILES string of the molecule is CCCCCCCCC=CCCCCCCCC(=O)OCC(O)[C@H]1OC[C@H](O)[C@H]1O. The Hall–Kier alpha value is -0.950. The van der Waals surface area contributed by atoms with E-state index in [1.54, 1.807) is 0 Å². The van der Waals surface area contributed by atoms with Gasteiger partial charge in [-0.2, -0.15) is 0 Å². The summed E-state index contributed by atoms with van der Waals surface area (Å²) in [4.78, 5) is 11.7. The average molecular weight is 429 g/mol. The summed E-state index contributed by atoms with van der Waals surface area (Å²) in [5, 5.41) is 29.0. The third kappa shape index (κ3) is 12.7. The number of carbonyl (C=O) groups excluding carboxylic acids is 1. The van der Waals surface area contributed by atoms with Gasteiger partial charge in [0.05, 0.1) is 6.61 Å². The summed E-state index contributed by atoms with van der Waals surface area (Å²) in [6.07, 6.45) is 16.5. The Labute approximate surface area is 182 Å². The normalized spacial score (nSPS) is 22.6. The molecule has 30 heavy (non-hydrogen) atoms. The zero-order valence-corrected chi connectivity index (χ0v) is 18.8. The Balaban J connectivity index is 1.87. The van der Waals surface area contributed by atoms with Crippen LogP contribution in [0.3, 0.4) is 0 Å². The van der Waals surface area contributed by atoms with Crippen molar-refractivity contribution in [3.63, 3.8) is 0 Å². The zero-order chi connectivity index (χ0) is 22.0. The molecule has 1 aliphatic heterocycles. The predicted octanol–water partition coefficient (Wildman–Crippen LogP) is 4.05. The van der Waals surface area contributed by atoms with Crippen molar-refractivity contribution in [2.75, 3.05) is 13.2 Å². The fourth-order valence-corrected chi connectivity index (χ4v) is 3.65. The maximum absolute atomic E-state index is 11.7. The van der Waals surface area contributed by atoms with Gasteiger partial charge in [0, 0.05) is 6.42 Å². The standard InChI is InChI=1S/C24H44O6/c1-2-3-4-5-6-7-8-9-10-11-12-13-14-15-16-17-22(27)29-19-21(26)24-23(28)20(25)18-30-24/h9-10,20-21,23-26,28H,2-8,11-19H2,1H3/t20-,21?,23+,24+/m0/s1. The first-order valence-corrected chi connectivity index (χ1v) is 12.0. The smallest absolute Gasteiger partial charge is 0.305 e. The maximum atomic E-state index is 11.7. The van der Waals surface area contributed by atoms with Gasteiger partial charge in [-0.05, 0) is 32.1 Å². The van der Waals surface area contributed by atoms with E-state index in [0.717, 1.165) is 25.7 Å². The average Bonchev–Trinajstić information content (AvgIpc) is 3.07. The van der Waals surface area contributed by atoms with E-state index in [-0.39, 0.29) is 19.2 Å². The highest BCUT2D eigenvalue weighted by Gasteiger charge is 2.39. The molecular weight excluding hydrogens is 384 g/mol. The number of ether oxygens (including phenoxy) is 2. The highest BCUT2D eigenvalue weighted by atomic mass is 16.6. The molecule has 0 amide bonds. The molecule has 0 aromatic rings. The second-order valence-corrected chi connectivity index (χ2v) is 8.44. The maximum Gasteiger partial charge on any atom is 0.305 e. The molecule has 0 bridgehead atoms. The fraction of sp³-hybridized carbons (Fsp3) is 0.875. The molecule has 1 saturated heterocycles. The van der Waals surface area contributed by atoms with E-state index in [0.29, 0.717) is 6.42 Å². The number of aliphatic hydroxyl groups excluding tert-OH is 3. The lowest BCUT2D eigenvalue weighted by atomic mass is 10.1. The summed E-state index contributed by atoms with van der Waals surface area (Å²) in [5.74, 6) is -0.347. The van der Waals surface area contributed by atoms with E-state index in [9.17, 15) is 20.1 Å². The van der Waals surface area contributed by atoms with Crippen LogP contribution in [0.1, 0.15) is 96.8 Å². The first-order chi connectivity index (χ1) is 14.6. The van der Waals surface area contributed by atoms with Crippen LogP contribution in [0, 0.1) is 0 Å². The minimum atomic E-state index is -1.15. The van der Waals surface area contributed by atoms with Gasteiger partial charge < -0.3 is 24.8 Å². The number of unbranched alkanes of at least 4 members (excludes halogenated alkanes) is 11. The lowest BCUT2D eigenvalue weighted by molar-refractivity contribution is -0.151.